The van der Waals surface area contributed by atoms with E-state index in [1.54, 1.807) is 4.57 Å². The first-order valence-electron chi connectivity index (χ1n) is 11.0. The van der Waals surface area contributed by atoms with Crippen molar-refractivity contribution in [2.45, 2.75) is 40.2 Å². The third-order valence-electron chi connectivity index (χ3n) is 5.92. The van der Waals surface area contributed by atoms with Crippen molar-refractivity contribution < 1.29 is 4.74 Å². The summed E-state index contributed by atoms with van der Waals surface area (Å²) in [5.41, 5.74) is 4.05. The van der Waals surface area contributed by atoms with E-state index in [1.807, 2.05) is 73.9 Å². The Hall–Kier alpha value is -3.74. The van der Waals surface area contributed by atoms with Gasteiger partial charge in [0.05, 0.1) is 17.6 Å². The summed E-state index contributed by atoms with van der Waals surface area (Å²) >= 11 is 0. The maximum Gasteiger partial charge on any atom is 0.265 e. The molecule has 7 heteroatoms. The summed E-state index contributed by atoms with van der Waals surface area (Å²) in [5, 5.41) is 0.498. The van der Waals surface area contributed by atoms with Crippen LogP contribution < -0.4 is 10.3 Å². The largest absolute Gasteiger partial charge is 0.494 e. The monoisotopic (exact) mass is 427 g/mol. The smallest absolute Gasteiger partial charge is 0.265 e. The van der Waals surface area contributed by atoms with E-state index < -0.39 is 0 Å². The normalized spacial score (nSPS) is 12.6. The molecular formula is C25H25N5O2. The van der Waals surface area contributed by atoms with Gasteiger partial charge in [-0.3, -0.25) is 13.9 Å². The van der Waals surface area contributed by atoms with E-state index in [1.165, 1.54) is 0 Å². The molecule has 2 aromatic carbocycles. The minimum absolute atomic E-state index is 0.0386. The van der Waals surface area contributed by atoms with Crippen molar-refractivity contribution in [1.29, 1.82) is 0 Å². The van der Waals surface area contributed by atoms with Gasteiger partial charge in [0.25, 0.3) is 5.56 Å². The van der Waals surface area contributed by atoms with Gasteiger partial charge >= 0.3 is 0 Å². The van der Waals surface area contributed by atoms with Crippen molar-refractivity contribution in [3.8, 4) is 11.4 Å². The van der Waals surface area contributed by atoms with E-state index >= 15 is 0 Å². The van der Waals surface area contributed by atoms with Gasteiger partial charge in [0, 0.05) is 11.7 Å². The van der Waals surface area contributed by atoms with E-state index in [0.717, 1.165) is 28.9 Å². The van der Waals surface area contributed by atoms with Gasteiger partial charge in [-0.15, -0.1) is 0 Å². The molecule has 0 amide bonds. The third-order valence-corrected chi connectivity index (χ3v) is 5.92. The molecule has 5 rings (SSSR count). The van der Waals surface area contributed by atoms with Crippen molar-refractivity contribution in [3.63, 3.8) is 0 Å². The second kappa shape index (κ2) is 7.75. The number of nitrogens with zero attached hydrogens (tertiary/aromatic N) is 5. The number of benzene rings is 2. The van der Waals surface area contributed by atoms with Gasteiger partial charge < -0.3 is 4.74 Å². The highest BCUT2D eigenvalue weighted by atomic mass is 16.5. The Balaban J connectivity index is 1.92. The van der Waals surface area contributed by atoms with Crippen molar-refractivity contribution in [2.24, 2.45) is 0 Å². The topological polar surface area (TPSA) is 74.8 Å². The molecule has 0 saturated carbocycles. The Morgan fingerprint density at radius 1 is 0.938 bits per heavy atom. The fraction of sp³-hybridized carbons (Fsp3) is 0.280. The molecule has 0 radical (unpaired) electrons. The van der Waals surface area contributed by atoms with Crippen LogP contribution in [0, 0.1) is 6.92 Å². The van der Waals surface area contributed by atoms with E-state index in [9.17, 15) is 4.79 Å². The Morgan fingerprint density at radius 2 is 1.62 bits per heavy atom. The summed E-state index contributed by atoms with van der Waals surface area (Å²) in [6.45, 7) is 8.54. The average Bonchev–Trinajstić information content (AvgIpc) is 3.11. The molecule has 7 nitrogen and oxygen atoms in total. The average molecular weight is 428 g/mol. The number of aryl methyl sites for hydroxylation is 1. The van der Waals surface area contributed by atoms with Crippen LogP contribution in [0.15, 0.2) is 53.3 Å². The van der Waals surface area contributed by atoms with Crippen LogP contribution >= 0.6 is 0 Å². The molecule has 3 heterocycles. The highest BCUT2D eigenvalue weighted by Crippen LogP contribution is 2.30. The fourth-order valence-corrected chi connectivity index (χ4v) is 4.21. The lowest BCUT2D eigenvalue weighted by Crippen LogP contribution is -2.26. The Bertz CT molecular complexity index is 1520. The number of fused-ring (bicyclic) bond motifs is 4. The number of rotatable bonds is 5. The van der Waals surface area contributed by atoms with Crippen molar-refractivity contribution in [1.82, 2.24) is 24.1 Å². The number of aromatic nitrogens is 5. The second-order valence-electron chi connectivity index (χ2n) is 7.94. The molecule has 1 atom stereocenters. The molecule has 0 N–H and O–H groups in total. The molecule has 0 spiro atoms. The van der Waals surface area contributed by atoms with Gasteiger partial charge in [0.2, 0.25) is 0 Å². The Kier molecular flexibility index (Phi) is 4.89. The number of ether oxygens (including phenoxy) is 1. The van der Waals surface area contributed by atoms with Gasteiger partial charge in [-0.1, -0.05) is 19.1 Å². The molecule has 0 aliphatic carbocycles. The molecule has 0 bridgehead atoms. The summed E-state index contributed by atoms with van der Waals surface area (Å²) in [4.78, 5) is 28.3. The van der Waals surface area contributed by atoms with E-state index in [0.29, 0.717) is 34.6 Å². The lowest BCUT2D eigenvalue weighted by atomic mass is 10.2. The first-order chi connectivity index (χ1) is 15.5. The van der Waals surface area contributed by atoms with E-state index in [4.69, 9.17) is 19.7 Å². The second-order valence-corrected chi connectivity index (χ2v) is 7.94. The van der Waals surface area contributed by atoms with Gasteiger partial charge in [-0.25, -0.2) is 15.0 Å². The summed E-state index contributed by atoms with van der Waals surface area (Å²) in [6.07, 6.45) is 0.833. The maximum absolute atomic E-state index is 13.7. The zero-order chi connectivity index (χ0) is 22.4. The first kappa shape index (κ1) is 20.2. The molecule has 3 aromatic heterocycles. The summed E-state index contributed by atoms with van der Waals surface area (Å²) in [6, 6.07) is 15.5. The molecule has 0 fully saturated rings. The number of hydrogen-bond donors (Lipinski definition) is 0. The zero-order valence-electron chi connectivity index (χ0n) is 18.7. The third kappa shape index (κ3) is 3.04. The van der Waals surface area contributed by atoms with Crippen molar-refractivity contribution in [2.75, 3.05) is 6.61 Å². The highest BCUT2D eigenvalue weighted by Gasteiger charge is 2.23. The van der Waals surface area contributed by atoms with Crippen LogP contribution in [0.3, 0.4) is 0 Å². The molecule has 0 saturated heterocycles. The predicted octanol–water partition coefficient (Wildman–Crippen LogP) is 4.96. The van der Waals surface area contributed by atoms with Gasteiger partial charge in [0.1, 0.15) is 22.5 Å². The van der Waals surface area contributed by atoms with Crippen LogP contribution in [-0.4, -0.2) is 30.7 Å². The van der Waals surface area contributed by atoms with E-state index in [-0.39, 0.29) is 11.6 Å². The molecule has 32 heavy (non-hydrogen) atoms. The molecule has 162 valence electrons. The summed E-state index contributed by atoms with van der Waals surface area (Å²) in [5.74, 6) is 1.47. The van der Waals surface area contributed by atoms with E-state index in [2.05, 4.69) is 6.92 Å². The molecular weight excluding hydrogens is 402 g/mol. The first-order valence-corrected chi connectivity index (χ1v) is 11.0. The Morgan fingerprint density at radius 3 is 2.28 bits per heavy atom. The molecule has 0 aliphatic rings. The number of hydrogen-bond acceptors (Lipinski definition) is 5. The zero-order valence-corrected chi connectivity index (χ0v) is 18.7. The molecule has 0 unspecified atom stereocenters. The van der Waals surface area contributed by atoms with Crippen LogP contribution in [0.25, 0.3) is 38.9 Å². The summed E-state index contributed by atoms with van der Waals surface area (Å²) < 4.78 is 9.29. The SMILES string of the molecule is CCOc1ccc(-n2c3nc4ccccc4nc3c3c(=O)n([C@@H](C)CC)c(C)nc32)cc1. The minimum atomic E-state index is -0.0823. The number of para-hydroxylation sites is 2. The lowest BCUT2D eigenvalue weighted by Gasteiger charge is -2.16. The van der Waals surface area contributed by atoms with Crippen LogP contribution in [0.2, 0.25) is 0 Å². The predicted molar refractivity (Wildman–Crippen MR) is 127 cm³/mol. The van der Waals surface area contributed by atoms with Crippen molar-refractivity contribution >= 4 is 33.2 Å². The van der Waals surface area contributed by atoms with Crippen LogP contribution in [0.1, 0.15) is 39.1 Å². The van der Waals surface area contributed by atoms with Crippen molar-refractivity contribution in [3.05, 3.63) is 64.7 Å². The maximum atomic E-state index is 13.7. The summed E-state index contributed by atoms with van der Waals surface area (Å²) in [7, 11) is 0. The van der Waals surface area contributed by atoms with Gasteiger partial charge in [-0.2, -0.15) is 0 Å². The highest BCUT2D eigenvalue weighted by molar-refractivity contribution is 6.05. The van der Waals surface area contributed by atoms with Crippen LogP contribution in [-0.2, 0) is 0 Å². The van der Waals surface area contributed by atoms with Crippen LogP contribution in [0.4, 0.5) is 0 Å². The fourth-order valence-electron chi connectivity index (χ4n) is 4.21. The standard InChI is InChI=1S/C25H25N5O2/c1-5-15(3)29-16(4)26-23-21(25(29)31)22-24(28-20-10-8-7-9-19(20)27-22)30(23)17-11-13-18(14-12-17)32-6-2/h7-15H,5-6H2,1-4H3/t15-/m0/s1. The molecule has 5 aromatic rings. The van der Waals surface area contributed by atoms with Gasteiger partial charge in [-0.05, 0) is 63.6 Å². The lowest BCUT2D eigenvalue weighted by molar-refractivity contribution is 0.340. The van der Waals surface area contributed by atoms with Gasteiger partial charge in [0.15, 0.2) is 11.3 Å². The minimum Gasteiger partial charge on any atom is -0.494 e. The molecule has 0 aliphatic heterocycles. The Labute approximate surface area is 185 Å². The van der Waals surface area contributed by atoms with Crippen LogP contribution in [0.5, 0.6) is 5.75 Å². The quantitative estimate of drug-likeness (QED) is 0.396.